The number of aromatic nitrogens is 2. The molecule has 9 heteroatoms. The summed E-state index contributed by atoms with van der Waals surface area (Å²) in [7, 11) is 6.29. The first-order valence-corrected chi connectivity index (χ1v) is 9.65. The minimum Gasteiger partial charge on any atom is -0.497 e. The molecule has 1 saturated heterocycles. The predicted molar refractivity (Wildman–Crippen MR) is 112 cm³/mol. The van der Waals surface area contributed by atoms with Gasteiger partial charge in [0.1, 0.15) is 23.0 Å². The Hall–Kier alpha value is -3.75. The number of carbonyl (C=O) groups is 1. The molecule has 4 rings (SSSR count). The fourth-order valence-corrected chi connectivity index (χ4v) is 3.57. The zero-order valence-electron chi connectivity index (χ0n) is 17.7. The van der Waals surface area contributed by atoms with Gasteiger partial charge in [-0.25, -0.2) is 0 Å². The molecule has 1 aromatic heterocycles. The van der Waals surface area contributed by atoms with Crippen molar-refractivity contribution in [2.45, 2.75) is 12.3 Å². The van der Waals surface area contributed by atoms with Crippen LogP contribution in [0.4, 0.5) is 5.69 Å². The molecular weight excluding hydrogens is 402 g/mol. The van der Waals surface area contributed by atoms with Crippen LogP contribution in [0.15, 0.2) is 40.9 Å². The van der Waals surface area contributed by atoms with Crippen molar-refractivity contribution in [3.8, 4) is 34.4 Å². The van der Waals surface area contributed by atoms with E-state index in [0.29, 0.717) is 52.5 Å². The summed E-state index contributed by atoms with van der Waals surface area (Å²) in [5.74, 6) is 2.97. The molecule has 0 radical (unpaired) electrons. The summed E-state index contributed by atoms with van der Waals surface area (Å²) in [6, 6.07) is 10.7. The smallest absolute Gasteiger partial charge is 0.232 e. The van der Waals surface area contributed by atoms with Crippen LogP contribution in [0.5, 0.6) is 23.0 Å². The van der Waals surface area contributed by atoms with E-state index in [1.54, 1.807) is 69.7 Å². The summed E-state index contributed by atoms with van der Waals surface area (Å²) in [5, 5.41) is 4.09. The van der Waals surface area contributed by atoms with Crippen LogP contribution >= 0.6 is 0 Å². The van der Waals surface area contributed by atoms with Crippen LogP contribution in [0.25, 0.3) is 11.4 Å². The molecule has 0 spiro atoms. The van der Waals surface area contributed by atoms with Crippen LogP contribution in [0.3, 0.4) is 0 Å². The maximum Gasteiger partial charge on any atom is 0.232 e. The van der Waals surface area contributed by atoms with Gasteiger partial charge >= 0.3 is 0 Å². The second kappa shape index (κ2) is 8.55. The summed E-state index contributed by atoms with van der Waals surface area (Å²) in [4.78, 5) is 19.0. The first-order valence-electron chi connectivity index (χ1n) is 9.65. The number of benzene rings is 2. The molecule has 2 heterocycles. The van der Waals surface area contributed by atoms with Crippen molar-refractivity contribution < 1.29 is 28.3 Å². The van der Waals surface area contributed by atoms with E-state index in [1.165, 1.54) is 0 Å². The van der Waals surface area contributed by atoms with Crippen LogP contribution in [0.2, 0.25) is 0 Å². The van der Waals surface area contributed by atoms with Crippen LogP contribution in [-0.2, 0) is 4.79 Å². The average Bonchev–Trinajstić information content (AvgIpc) is 3.45. The number of methoxy groups -OCH3 is 4. The molecule has 0 bridgehead atoms. The maximum atomic E-state index is 12.8. The fraction of sp³-hybridized carbons (Fsp3) is 0.318. The van der Waals surface area contributed by atoms with Crippen molar-refractivity contribution in [2.75, 3.05) is 39.9 Å². The molecule has 31 heavy (non-hydrogen) atoms. The number of hydrogen-bond acceptors (Lipinski definition) is 8. The number of ether oxygens (including phenoxy) is 4. The van der Waals surface area contributed by atoms with Crippen molar-refractivity contribution in [2.24, 2.45) is 0 Å². The molecule has 3 aromatic rings. The van der Waals surface area contributed by atoms with E-state index < -0.39 is 0 Å². The highest BCUT2D eigenvalue weighted by Crippen LogP contribution is 2.38. The van der Waals surface area contributed by atoms with E-state index in [-0.39, 0.29) is 18.2 Å². The van der Waals surface area contributed by atoms with E-state index in [0.717, 1.165) is 0 Å². The van der Waals surface area contributed by atoms with Gasteiger partial charge in [0.2, 0.25) is 17.6 Å². The first kappa shape index (κ1) is 20.5. The molecule has 1 aliphatic heterocycles. The topological polar surface area (TPSA) is 96.2 Å². The van der Waals surface area contributed by atoms with Gasteiger partial charge in [-0.2, -0.15) is 4.98 Å². The van der Waals surface area contributed by atoms with Gasteiger partial charge in [0.05, 0.1) is 40.0 Å². The van der Waals surface area contributed by atoms with Crippen molar-refractivity contribution >= 4 is 11.6 Å². The predicted octanol–water partition coefficient (Wildman–Crippen LogP) is 3.29. The number of amides is 1. The lowest BCUT2D eigenvalue weighted by Gasteiger charge is -2.20. The van der Waals surface area contributed by atoms with Crippen molar-refractivity contribution in [1.29, 1.82) is 0 Å². The van der Waals surface area contributed by atoms with Gasteiger partial charge in [0, 0.05) is 30.7 Å². The minimum atomic E-state index is -0.239. The van der Waals surface area contributed by atoms with Gasteiger partial charge in [-0.3, -0.25) is 4.79 Å². The van der Waals surface area contributed by atoms with Crippen LogP contribution in [0.1, 0.15) is 18.2 Å². The van der Waals surface area contributed by atoms with E-state index in [4.69, 9.17) is 23.5 Å². The largest absolute Gasteiger partial charge is 0.497 e. The molecule has 162 valence electrons. The highest BCUT2D eigenvalue weighted by atomic mass is 16.5. The Balaban J connectivity index is 1.60. The summed E-state index contributed by atoms with van der Waals surface area (Å²) < 4.78 is 26.8. The quantitative estimate of drug-likeness (QED) is 0.569. The molecule has 1 fully saturated rings. The Kier molecular flexibility index (Phi) is 5.66. The molecule has 1 atom stereocenters. The molecule has 0 saturated carbocycles. The fourth-order valence-electron chi connectivity index (χ4n) is 3.57. The Morgan fingerprint density at radius 3 is 2.29 bits per heavy atom. The van der Waals surface area contributed by atoms with Gasteiger partial charge < -0.3 is 28.4 Å². The van der Waals surface area contributed by atoms with Crippen LogP contribution in [0, 0.1) is 0 Å². The standard InChI is InChI=1S/C22H23N3O6/c1-27-15-5-6-19(30-4)18(11-15)25-12-14(9-20(25)26)22-23-21(24-31-22)13-7-16(28-2)10-17(8-13)29-3/h5-8,10-11,14H,9,12H2,1-4H3. The monoisotopic (exact) mass is 425 g/mol. The number of rotatable bonds is 7. The van der Waals surface area contributed by atoms with E-state index in [1.807, 2.05) is 0 Å². The molecule has 9 nitrogen and oxygen atoms in total. The molecule has 0 N–H and O–H groups in total. The number of carbonyl (C=O) groups excluding carboxylic acids is 1. The number of anilines is 1. The number of hydrogen-bond donors (Lipinski definition) is 0. The Morgan fingerprint density at radius 1 is 0.935 bits per heavy atom. The summed E-state index contributed by atoms with van der Waals surface area (Å²) >= 11 is 0. The van der Waals surface area contributed by atoms with E-state index >= 15 is 0 Å². The molecule has 1 amide bonds. The highest BCUT2D eigenvalue weighted by molar-refractivity contribution is 5.98. The second-order valence-electron chi connectivity index (χ2n) is 7.00. The lowest BCUT2D eigenvalue weighted by Crippen LogP contribution is -2.24. The molecule has 2 aromatic carbocycles. The van der Waals surface area contributed by atoms with Gasteiger partial charge in [0.15, 0.2) is 0 Å². The summed E-state index contributed by atoms with van der Waals surface area (Å²) in [5.41, 5.74) is 1.34. The van der Waals surface area contributed by atoms with E-state index in [9.17, 15) is 4.79 Å². The molecule has 1 unspecified atom stereocenters. The Labute approximate surface area is 179 Å². The lowest BCUT2D eigenvalue weighted by atomic mass is 10.1. The molecular formula is C22H23N3O6. The van der Waals surface area contributed by atoms with Crippen molar-refractivity contribution in [1.82, 2.24) is 10.1 Å². The van der Waals surface area contributed by atoms with Gasteiger partial charge in [-0.15, -0.1) is 0 Å². The zero-order valence-corrected chi connectivity index (χ0v) is 17.7. The summed E-state index contributed by atoms with van der Waals surface area (Å²) in [6.07, 6.45) is 0.253. The third-order valence-corrected chi connectivity index (χ3v) is 5.20. The number of nitrogens with zero attached hydrogens (tertiary/aromatic N) is 3. The Bertz CT molecular complexity index is 1070. The second-order valence-corrected chi connectivity index (χ2v) is 7.00. The first-order chi connectivity index (χ1) is 15.1. The van der Waals surface area contributed by atoms with Crippen molar-refractivity contribution in [3.63, 3.8) is 0 Å². The van der Waals surface area contributed by atoms with Gasteiger partial charge in [-0.1, -0.05) is 5.16 Å². The minimum absolute atomic E-state index is 0.0562. The zero-order chi connectivity index (χ0) is 22.0. The average molecular weight is 425 g/mol. The third kappa shape index (κ3) is 3.98. The Morgan fingerprint density at radius 2 is 1.65 bits per heavy atom. The summed E-state index contributed by atoms with van der Waals surface area (Å²) in [6.45, 7) is 0.394. The van der Waals surface area contributed by atoms with Crippen molar-refractivity contribution in [3.05, 3.63) is 42.3 Å². The van der Waals surface area contributed by atoms with Crippen LogP contribution < -0.4 is 23.8 Å². The lowest BCUT2D eigenvalue weighted by molar-refractivity contribution is -0.117. The van der Waals surface area contributed by atoms with Gasteiger partial charge in [0.25, 0.3) is 0 Å². The van der Waals surface area contributed by atoms with Gasteiger partial charge in [-0.05, 0) is 24.3 Å². The highest BCUT2D eigenvalue weighted by Gasteiger charge is 2.36. The molecule has 1 aliphatic rings. The molecule has 0 aliphatic carbocycles. The SMILES string of the molecule is COc1cc(OC)cc(-c2noc(C3CC(=O)N(c4cc(OC)ccc4OC)C3)n2)c1. The van der Waals surface area contributed by atoms with Crippen LogP contribution in [-0.4, -0.2) is 51.0 Å². The normalized spacial score (nSPS) is 15.8. The van der Waals surface area contributed by atoms with E-state index in [2.05, 4.69) is 10.1 Å². The third-order valence-electron chi connectivity index (χ3n) is 5.20. The maximum absolute atomic E-state index is 12.8.